The molecule has 1 aliphatic rings. The smallest absolute Gasteiger partial charge is 0.278 e. The van der Waals surface area contributed by atoms with Gasteiger partial charge in [0.05, 0.1) is 26.6 Å². The molecule has 2 aromatic rings. The second-order valence-electron chi connectivity index (χ2n) is 4.73. The SMILES string of the molecule is Nc1c(C(=O)Nc2cccc(Cl)c2Br)n[nH]c1C1CC1. The highest BCUT2D eigenvalue weighted by Crippen LogP contribution is 2.42. The van der Waals surface area contributed by atoms with Crippen LogP contribution in [-0.4, -0.2) is 16.1 Å². The summed E-state index contributed by atoms with van der Waals surface area (Å²) < 4.78 is 0.631. The number of aromatic nitrogens is 2. The number of carbonyl (C=O) groups is 1. The van der Waals surface area contributed by atoms with Crippen LogP contribution < -0.4 is 11.1 Å². The van der Waals surface area contributed by atoms with Crippen LogP contribution in [0.3, 0.4) is 0 Å². The van der Waals surface area contributed by atoms with E-state index in [2.05, 4.69) is 31.4 Å². The zero-order valence-corrected chi connectivity index (χ0v) is 12.8. The number of amides is 1. The van der Waals surface area contributed by atoms with Crippen LogP contribution in [0.4, 0.5) is 11.4 Å². The number of nitrogens with zero attached hydrogens (tertiary/aromatic N) is 1. The lowest BCUT2D eigenvalue weighted by Gasteiger charge is -2.07. The molecule has 3 rings (SSSR count). The minimum Gasteiger partial charge on any atom is -0.395 e. The summed E-state index contributed by atoms with van der Waals surface area (Å²) in [6.45, 7) is 0. The number of hydrogen-bond acceptors (Lipinski definition) is 3. The lowest BCUT2D eigenvalue weighted by Crippen LogP contribution is -2.14. The molecule has 20 heavy (non-hydrogen) atoms. The van der Waals surface area contributed by atoms with Crippen LogP contribution >= 0.6 is 27.5 Å². The van der Waals surface area contributed by atoms with Gasteiger partial charge in [-0.05, 0) is 40.9 Å². The highest BCUT2D eigenvalue weighted by atomic mass is 79.9. The van der Waals surface area contributed by atoms with Gasteiger partial charge in [-0.25, -0.2) is 0 Å². The van der Waals surface area contributed by atoms with Crippen molar-refractivity contribution in [3.8, 4) is 0 Å². The van der Waals surface area contributed by atoms with E-state index in [-0.39, 0.29) is 11.6 Å². The van der Waals surface area contributed by atoms with E-state index in [0.29, 0.717) is 26.8 Å². The zero-order valence-electron chi connectivity index (χ0n) is 10.4. The van der Waals surface area contributed by atoms with Gasteiger partial charge in [-0.1, -0.05) is 17.7 Å². The predicted molar refractivity (Wildman–Crippen MR) is 82.1 cm³/mol. The summed E-state index contributed by atoms with van der Waals surface area (Å²) >= 11 is 9.32. The van der Waals surface area contributed by atoms with Gasteiger partial charge in [-0.3, -0.25) is 9.89 Å². The molecular weight excluding hydrogens is 344 g/mol. The average Bonchev–Trinajstić information content (AvgIpc) is 3.18. The van der Waals surface area contributed by atoms with Crippen LogP contribution in [-0.2, 0) is 0 Å². The summed E-state index contributed by atoms with van der Waals surface area (Å²) in [5, 5.41) is 10.1. The van der Waals surface area contributed by atoms with Gasteiger partial charge in [0, 0.05) is 5.92 Å². The quantitative estimate of drug-likeness (QED) is 0.787. The number of rotatable bonds is 3. The van der Waals surface area contributed by atoms with Crippen LogP contribution in [0.25, 0.3) is 0 Å². The fourth-order valence-electron chi connectivity index (χ4n) is 2.00. The summed E-state index contributed by atoms with van der Waals surface area (Å²) in [6, 6.07) is 5.24. The molecular formula is C13H12BrClN4O. The zero-order chi connectivity index (χ0) is 14.3. The topological polar surface area (TPSA) is 83.8 Å². The van der Waals surface area contributed by atoms with Gasteiger partial charge in [0.15, 0.2) is 5.69 Å². The van der Waals surface area contributed by atoms with Crippen LogP contribution in [0.2, 0.25) is 5.02 Å². The second-order valence-corrected chi connectivity index (χ2v) is 5.93. The number of halogens is 2. The fourth-order valence-corrected chi connectivity index (χ4v) is 2.54. The molecule has 0 radical (unpaired) electrons. The molecule has 0 saturated heterocycles. The van der Waals surface area contributed by atoms with E-state index in [4.69, 9.17) is 17.3 Å². The van der Waals surface area contributed by atoms with Crippen LogP contribution in [0.1, 0.15) is 34.9 Å². The first-order valence-electron chi connectivity index (χ1n) is 6.17. The van der Waals surface area contributed by atoms with Gasteiger partial charge >= 0.3 is 0 Å². The predicted octanol–water partition coefficient (Wildman–Crippen LogP) is 3.54. The van der Waals surface area contributed by atoms with Crippen molar-refractivity contribution in [3.05, 3.63) is 39.1 Å². The van der Waals surface area contributed by atoms with Gasteiger partial charge in [0.25, 0.3) is 5.91 Å². The molecule has 1 aromatic heterocycles. The van der Waals surface area contributed by atoms with E-state index in [0.717, 1.165) is 18.5 Å². The number of anilines is 2. The minimum absolute atomic E-state index is 0.221. The van der Waals surface area contributed by atoms with Gasteiger partial charge in [-0.2, -0.15) is 5.10 Å². The normalized spacial score (nSPS) is 14.3. The summed E-state index contributed by atoms with van der Waals surface area (Å²) in [5.41, 5.74) is 8.07. The Hall–Kier alpha value is -1.53. The minimum atomic E-state index is -0.353. The van der Waals surface area contributed by atoms with Gasteiger partial charge in [0.1, 0.15) is 0 Å². The monoisotopic (exact) mass is 354 g/mol. The molecule has 1 amide bonds. The van der Waals surface area contributed by atoms with Gasteiger partial charge < -0.3 is 11.1 Å². The van der Waals surface area contributed by atoms with Crippen molar-refractivity contribution in [2.45, 2.75) is 18.8 Å². The van der Waals surface area contributed by atoms with E-state index < -0.39 is 0 Å². The van der Waals surface area contributed by atoms with Gasteiger partial charge in [0.2, 0.25) is 0 Å². The van der Waals surface area contributed by atoms with Crippen molar-refractivity contribution in [2.75, 3.05) is 11.1 Å². The highest BCUT2D eigenvalue weighted by Gasteiger charge is 2.30. The number of benzene rings is 1. The maximum Gasteiger partial charge on any atom is 0.278 e. The van der Waals surface area contributed by atoms with Crippen molar-refractivity contribution >= 4 is 44.8 Å². The number of hydrogen-bond donors (Lipinski definition) is 3. The maximum atomic E-state index is 12.2. The molecule has 1 saturated carbocycles. The lowest BCUT2D eigenvalue weighted by atomic mass is 10.2. The van der Waals surface area contributed by atoms with Crippen molar-refractivity contribution in [3.63, 3.8) is 0 Å². The Morgan fingerprint density at radius 1 is 1.50 bits per heavy atom. The Labute approximate surface area is 129 Å². The third-order valence-electron chi connectivity index (χ3n) is 3.23. The number of H-pyrrole nitrogens is 1. The first-order chi connectivity index (χ1) is 9.58. The Morgan fingerprint density at radius 2 is 2.25 bits per heavy atom. The van der Waals surface area contributed by atoms with Crippen molar-refractivity contribution in [1.82, 2.24) is 10.2 Å². The molecule has 1 fully saturated rings. The molecule has 0 atom stereocenters. The first-order valence-corrected chi connectivity index (χ1v) is 7.34. The third-order valence-corrected chi connectivity index (χ3v) is 4.63. The average molecular weight is 356 g/mol. The summed E-state index contributed by atoms with van der Waals surface area (Å²) in [7, 11) is 0. The Balaban J connectivity index is 1.84. The van der Waals surface area contributed by atoms with Crippen LogP contribution in [0.5, 0.6) is 0 Å². The molecule has 0 unspecified atom stereocenters. The summed E-state index contributed by atoms with van der Waals surface area (Å²) in [5.74, 6) is 0.0653. The fraction of sp³-hybridized carbons (Fsp3) is 0.231. The molecule has 5 nitrogen and oxygen atoms in total. The summed E-state index contributed by atoms with van der Waals surface area (Å²) in [4.78, 5) is 12.2. The van der Waals surface area contributed by atoms with E-state index in [1.807, 2.05) is 0 Å². The second kappa shape index (κ2) is 5.10. The molecule has 1 aromatic carbocycles. The number of aromatic amines is 1. The molecule has 7 heteroatoms. The van der Waals surface area contributed by atoms with E-state index >= 15 is 0 Å². The van der Waals surface area contributed by atoms with Gasteiger partial charge in [-0.15, -0.1) is 0 Å². The van der Waals surface area contributed by atoms with E-state index in [1.165, 1.54) is 0 Å². The number of nitrogens with one attached hydrogen (secondary N) is 2. The molecule has 1 aliphatic carbocycles. The van der Waals surface area contributed by atoms with E-state index in [1.54, 1.807) is 18.2 Å². The van der Waals surface area contributed by atoms with E-state index in [9.17, 15) is 4.79 Å². The van der Waals surface area contributed by atoms with Crippen molar-refractivity contribution in [1.29, 1.82) is 0 Å². The summed E-state index contributed by atoms with van der Waals surface area (Å²) in [6.07, 6.45) is 2.18. The maximum absolute atomic E-state index is 12.2. The molecule has 1 heterocycles. The number of carbonyl (C=O) groups excluding carboxylic acids is 1. The third kappa shape index (κ3) is 2.41. The Bertz CT molecular complexity index is 681. The van der Waals surface area contributed by atoms with Crippen LogP contribution in [0.15, 0.2) is 22.7 Å². The van der Waals surface area contributed by atoms with Crippen molar-refractivity contribution in [2.24, 2.45) is 0 Å². The Morgan fingerprint density at radius 3 is 2.95 bits per heavy atom. The largest absolute Gasteiger partial charge is 0.395 e. The Kier molecular flexibility index (Phi) is 3.43. The number of nitrogen functional groups attached to an aromatic ring is 1. The standard InChI is InChI=1S/C13H12BrClN4O/c14-9-7(15)2-1-3-8(9)17-13(20)12-10(16)11(18-19-12)6-4-5-6/h1-3,6H,4-5,16H2,(H,17,20)(H,18,19). The molecule has 0 spiro atoms. The molecule has 0 aliphatic heterocycles. The lowest BCUT2D eigenvalue weighted by molar-refractivity contribution is 0.102. The number of nitrogens with two attached hydrogens (primary N) is 1. The molecule has 4 N–H and O–H groups in total. The molecule has 104 valence electrons. The highest BCUT2D eigenvalue weighted by molar-refractivity contribution is 9.10. The molecule has 0 bridgehead atoms. The van der Waals surface area contributed by atoms with Crippen molar-refractivity contribution < 1.29 is 4.79 Å². The van der Waals surface area contributed by atoms with Crippen LogP contribution in [0, 0.1) is 0 Å². The first kappa shape index (κ1) is 13.5.